The van der Waals surface area contributed by atoms with E-state index in [-0.39, 0.29) is 22.9 Å². The molecule has 1 fully saturated rings. The summed E-state index contributed by atoms with van der Waals surface area (Å²) in [6, 6.07) is 3.75. The molecule has 0 radical (unpaired) electrons. The van der Waals surface area contributed by atoms with Crippen molar-refractivity contribution in [3.05, 3.63) is 33.3 Å². The molecule has 1 aromatic carbocycles. The van der Waals surface area contributed by atoms with Crippen molar-refractivity contribution in [2.45, 2.75) is 12.8 Å². The van der Waals surface area contributed by atoms with Crippen molar-refractivity contribution in [2.24, 2.45) is 5.92 Å². The first kappa shape index (κ1) is 17.6. The van der Waals surface area contributed by atoms with E-state index >= 15 is 0 Å². The number of nitrogens with zero attached hydrogens (tertiary/aromatic N) is 2. The van der Waals surface area contributed by atoms with Gasteiger partial charge >= 0.3 is 0 Å². The van der Waals surface area contributed by atoms with Crippen LogP contribution in [0.2, 0.25) is 5.02 Å². The summed E-state index contributed by atoms with van der Waals surface area (Å²) in [5.41, 5.74) is -0.0477. The quantitative estimate of drug-likeness (QED) is 0.650. The zero-order chi connectivity index (χ0) is 17.2. The number of nitro groups is 1. The molecule has 0 bridgehead atoms. The average Bonchev–Trinajstić information content (AvgIpc) is 2.48. The number of nitro benzene ring substituents is 1. The van der Waals surface area contributed by atoms with Crippen LogP contribution in [0.15, 0.2) is 18.2 Å². The van der Waals surface area contributed by atoms with Crippen molar-refractivity contribution in [3.8, 4) is 0 Å². The Balaban J connectivity index is 2.13. The topological polar surface area (TPSA) is 110 Å². The van der Waals surface area contributed by atoms with Gasteiger partial charge in [-0.1, -0.05) is 11.6 Å². The van der Waals surface area contributed by atoms with Gasteiger partial charge in [-0.15, -0.1) is 0 Å². The Morgan fingerprint density at radius 2 is 2.17 bits per heavy atom. The van der Waals surface area contributed by atoms with Crippen molar-refractivity contribution < 1.29 is 18.1 Å². The van der Waals surface area contributed by atoms with Crippen molar-refractivity contribution in [1.29, 1.82) is 0 Å². The second-order valence-electron chi connectivity index (χ2n) is 5.37. The van der Waals surface area contributed by atoms with Gasteiger partial charge in [0.25, 0.3) is 5.69 Å². The zero-order valence-electron chi connectivity index (χ0n) is 12.4. The number of anilines is 1. The van der Waals surface area contributed by atoms with E-state index in [0.717, 1.165) is 6.26 Å². The Morgan fingerprint density at radius 3 is 2.78 bits per heavy atom. The van der Waals surface area contributed by atoms with Crippen LogP contribution in [0, 0.1) is 16.0 Å². The van der Waals surface area contributed by atoms with Gasteiger partial charge in [-0.2, -0.15) is 0 Å². The number of carbonyl (C=O) groups excluding carboxylic acids is 1. The highest BCUT2D eigenvalue weighted by Crippen LogP contribution is 2.28. The maximum absolute atomic E-state index is 12.3. The number of halogens is 1. The zero-order valence-corrected chi connectivity index (χ0v) is 13.9. The van der Waals surface area contributed by atoms with Crippen LogP contribution in [-0.4, -0.2) is 42.9 Å². The number of hydrogen-bond acceptors (Lipinski definition) is 5. The summed E-state index contributed by atoms with van der Waals surface area (Å²) >= 11 is 5.94. The van der Waals surface area contributed by atoms with Gasteiger partial charge in [-0.05, 0) is 18.9 Å². The molecule has 10 heteroatoms. The third-order valence-corrected chi connectivity index (χ3v) is 5.24. The van der Waals surface area contributed by atoms with Gasteiger partial charge in [0.15, 0.2) is 0 Å². The van der Waals surface area contributed by atoms with Crippen LogP contribution in [0.3, 0.4) is 0 Å². The highest BCUT2D eigenvalue weighted by molar-refractivity contribution is 7.88. The maximum Gasteiger partial charge on any atom is 0.271 e. The molecule has 1 atom stereocenters. The predicted octanol–water partition coefficient (Wildman–Crippen LogP) is 1.86. The molecule has 1 saturated heterocycles. The summed E-state index contributed by atoms with van der Waals surface area (Å²) in [4.78, 5) is 22.5. The van der Waals surface area contributed by atoms with Gasteiger partial charge in [0.2, 0.25) is 15.9 Å². The Hall–Kier alpha value is -1.71. The first-order valence-electron chi connectivity index (χ1n) is 6.88. The second kappa shape index (κ2) is 6.81. The number of benzene rings is 1. The van der Waals surface area contributed by atoms with E-state index in [2.05, 4.69) is 5.32 Å². The van der Waals surface area contributed by atoms with Crippen molar-refractivity contribution >= 4 is 38.9 Å². The molecular weight excluding hydrogens is 346 g/mol. The molecule has 1 amide bonds. The minimum atomic E-state index is -3.35. The van der Waals surface area contributed by atoms with Gasteiger partial charge < -0.3 is 5.32 Å². The number of nitrogens with one attached hydrogen (secondary N) is 1. The molecule has 1 aliphatic rings. The Bertz CT molecular complexity index is 737. The van der Waals surface area contributed by atoms with Crippen LogP contribution in [0.1, 0.15) is 12.8 Å². The summed E-state index contributed by atoms with van der Waals surface area (Å²) in [5, 5.41) is 13.5. The fourth-order valence-corrected chi connectivity index (χ4v) is 3.49. The van der Waals surface area contributed by atoms with Crippen LogP contribution in [-0.2, 0) is 14.8 Å². The number of piperidine rings is 1. The molecule has 2 rings (SSSR count). The SMILES string of the molecule is CS(=O)(=O)N1CCC[C@H](C(=O)Nc2cc([N+](=O)[O-])ccc2Cl)C1. The van der Waals surface area contributed by atoms with Crippen molar-refractivity contribution in [1.82, 2.24) is 4.31 Å². The molecule has 0 aliphatic carbocycles. The minimum absolute atomic E-state index is 0.0945. The molecular formula is C13H16ClN3O5S. The standard InChI is InChI=1S/C13H16ClN3O5S/c1-23(21,22)16-6-2-3-9(8-16)13(18)15-12-7-10(17(19)20)4-5-11(12)14/h4-5,7,9H,2-3,6,8H2,1H3,(H,15,18)/t9-/m0/s1. The summed E-state index contributed by atoms with van der Waals surface area (Å²) in [5.74, 6) is -0.922. The lowest BCUT2D eigenvalue weighted by Gasteiger charge is -2.30. The molecule has 0 saturated carbocycles. The largest absolute Gasteiger partial charge is 0.324 e. The lowest BCUT2D eigenvalue weighted by molar-refractivity contribution is -0.384. The molecule has 8 nitrogen and oxygen atoms in total. The smallest absolute Gasteiger partial charge is 0.271 e. The Morgan fingerprint density at radius 1 is 1.48 bits per heavy atom. The molecule has 1 aliphatic heterocycles. The monoisotopic (exact) mass is 361 g/mol. The number of hydrogen-bond donors (Lipinski definition) is 1. The van der Waals surface area contributed by atoms with E-state index in [4.69, 9.17) is 11.6 Å². The van der Waals surface area contributed by atoms with Crippen LogP contribution in [0.4, 0.5) is 11.4 Å². The normalized spacial score (nSPS) is 19.3. The van der Waals surface area contributed by atoms with E-state index in [0.29, 0.717) is 19.4 Å². The molecule has 23 heavy (non-hydrogen) atoms. The lowest BCUT2D eigenvalue weighted by Crippen LogP contribution is -2.43. The van der Waals surface area contributed by atoms with Gasteiger partial charge in [0.05, 0.1) is 27.8 Å². The van der Waals surface area contributed by atoms with Gasteiger partial charge in [0, 0.05) is 25.2 Å². The highest BCUT2D eigenvalue weighted by atomic mass is 35.5. The third-order valence-electron chi connectivity index (χ3n) is 3.64. The van der Waals surface area contributed by atoms with Crippen LogP contribution in [0.5, 0.6) is 0 Å². The molecule has 0 unspecified atom stereocenters. The minimum Gasteiger partial charge on any atom is -0.324 e. The number of sulfonamides is 1. The third kappa shape index (κ3) is 4.40. The number of rotatable bonds is 4. The fraction of sp³-hybridized carbons (Fsp3) is 0.462. The first-order chi connectivity index (χ1) is 10.7. The molecule has 0 aromatic heterocycles. The van der Waals surface area contributed by atoms with Gasteiger partial charge in [0.1, 0.15) is 0 Å². The van der Waals surface area contributed by atoms with E-state index in [9.17, 15) is 23.3 Å². The first-order valence-corrected chi connectivity index (χ1v) is 9.11. The lowest BCUT2D eigenvalue weighted by atomic mass is 9.98. The summed E-state index contributed by atoms with van der Waals surface area (Å²) in [6.45, 7) is 0.484. The molecule has 1 aromatic rings. The van der Waals surface area contributed by atoms with Gasteiger partial charge in [-0.25, -0.2) is 12.7 Å². The summed E-state index contributed by atoms with van der Waals surface area (Å²) < 4.78 is 24.4. The Kier molecular flexibility index (Phi) is 5.23. The number of carbonyl (C=O) groups is 1. The van der Waals surface area contributed by atoms with Crippen molar-refractivity contribution in [2.75, 3.05) is 24.7 Å². The fourth-order valence-electron chi connectivity index (χ4n) is 2.42. The van der Waals surface area contributed by atoms with E-state index < -0.39 is 26.8 Å². The average molecular weight is 362 g/mol. The number of non-ortho nitro benzene ring substituents is 1. The van der Waals surface area contributed by atoms with Crippen molar-refractivity contribution in [3.63, 3.8) is 0 Å². The van der Waals surface area contributed by atoms with Crippen LogP contribution in [0.25, 0.3) is 0 Å². The summed E-state index contributed by atoms with van der Waals surface area (Å²) in [7, 11) is -3.35. The predicted molar refractivity (Wildman–Crippen MR) is 85.9 cm³/mol. The molecule has 126 valence electrons. The van der Waals surface area contributed by atoms with Gasteiger partial charge in [-0.3, -0.25) is 14.9 Å². The van der Waals surface area contributed by atoms with Crippen LogP contribution >= 0.6 is 11.6 Å². The maximum atomic E-state index is 12.3. The number of amides is 1. The summed E-state index contributed by atoms with van der Waals surface area (Å²) in [6.07, 6.45) is 2.23. The van der Waals surface area contributed by atoms with Crippen LogP contribution < -0.4 is 5.32 Å². The molecule has 1 heterocycles. The second-order valence-corrected chi connectivity index (χ2v) is 7.76. The Labute approximate surface area is 138 Å². The van der Waals surface area contributed by atoms with E-state index in [1.165, 1.54) is 22.5 Å². The van der Waals surface area contributed by atoms with E-state index in [1.807, 2.05) is 0 Å². The van der Waals surface area contributed by atoms with E-state index in [1.54, 1.807) is 0 Å². The molecule has 0 spiro atoms. The highest BCUT2D eigenvalue weighted by Gasteiger charge is 2.30. The molecule has 1 N–H and O–H groups in total.